The Bertz CT molecular complexity index is 702. The number of quaternary nitrogens is 1. The van der Waals surface area contributed by atoms with Gasteiger partial charge in [0.25, 0.3) is 5.91 Å². The highest BCUT2D eigenvalue weighted by Crippen LogP contribution is 2.35. The van der Waals surface area contributed by atoms with E-state index in [-0.39, 0.29) is 25.4 Å². The van der Waals surface area contributed by atoms with Crippen LogP contribution in [0.25, 0.3) is 0 Å². The molecule has 168 valence electrons. The first kappa shape index (κ1) is 23.1. The standard InChI is InChI=1S/C21H31FN2O6/c1-28-18-13-21(12-17(25)19(18)26,30-14-15-4-2-3-5-16(15)22)20(27)23-6-7-24-8-10-29-11-9-24/h2-5,17-19,25-26H,6-14H2,1H3,(H,23,27)/p+1/t17-,18+,19-,21+/m1/s1. The SMILES string of the molecule is CO[C@H]1C[C@](OCc2ccccc2F)(C(=O)NCC[NH+]2CCOCC2)C[C@@H](O)[C@H]1O. The van der Waals surface area contributed by atoms with Gasteiger partial charge in [-0.15, -0.1) is 0 Å². The Morgan fingerprint density at radius 2 is 2.03 bits per heavy atom. The number of ether oxygens (including phenoxy) is 3. The summed E-state index contributed by atoms with van der Waals surface area (Å²) < 4.78 is 30.7. The van der Waals surface area contributed by atoms with Gasteiger partial charge in [-0.3, -0.25) is 4.79 Å². The minimum Gasteiger partial charge on any atom is -0.390 e. The zero-order chi connectivity index (χ0) is 21.6. The van der Waals surface area contributed by atoms with Crippen LogP contribution in [0.2, 0.25) is 0 Å². The van der Waals surface area contributed by atoms with E-state index in [1.807, 2.05) is 0 Å². The molecule has 1 heterocycles. The van der Waals surface area contributed by atoms with Crippen molar-refractivity contribution in [3.05, 3.63) is 35.6 Å². The number of halogens is 1. The summed E-state index contributed by atoms with van der Waals surface area (Å²) in [5.74, 6) is -0.817. The fraction of sp³-hybridized carbons (Fsp3) is 0.667. The summed E-state index contributed by atoms with van der Waals surface area (Å²) in [4.78, 5) is 14.5. The molecule has 1 aliphatic carbocycles. The first-order valence-corrected chi connectivity index (χ1v) is 10.4. The second-order valence-electron chi connectivity index (χ2n) is 7.98. The average Bonchev–Trinajstić information content (AvgIpc) is 2.76. The summed E-state index contributed by atoms with van der Waals surface area (Å²) in [7, 11) is 1.41. The molecular weight excluding hydrogens is 395 g/mol. The Morgan fingerprint density at radius 3 is 2.73 bits per heavy atom. The van der Waals surface area contributed by atoms with Crippen LogP contribution in [0.1, 0.15) is 18.4 Å². The summed E-state index contributed by atoms with van der Waals surface area (Å²) in [5.41, 5.74) is -1.11. The van der Waals surface area contributed by atoms with Gasteiger partial charge >= 0.3 is 0 Å². The number of aliphatic hydroxyl groups is 2. The van der Waals surface area contributed by atoms with Gasteiger partial charge in [-0.05, 0) is 6.07 Å². The molecule has 4 atom stereocenters. The average molecular weight is 427 g/mol. The maximum atomic E-state index is 14.1. The normalized spacial score (nSPS) is 30.2. The van der Waals surface area contributed by atoms with Crippen molar-refractivity contribution in [2.75, 3.05) is 46.5 Å². The summed E-state index contributed by atoms with van der Waals surface area (Å²) in [6, 6.07) is 6.19. The number of methoxy groups -OCH3 is 1. The summed E-state index contributed by atoms with van der Waals surface area (Å²) >= 11 is 0. The molecule has 2 fully saturated rings. The summed E-state index contributed by atoms with van der Waals surface area (Å²) in [5, 5.41) is 23.5. The fourth-order valence-electron chi connectivity index (χ4n) is 4.08. The molecule has 1 aromatic rings. The van der Waals surface area contributed by atoms with E-state index in [1.54, 1.807) is 18.2 Å². The number of aliphatic hydroxyl groups excluding tert-OH is 2. The number of carbonyl (C=O) groups is 1. The van der Waals surface area contributed by atoms with Crippen LogP contribution in [0.5, 0.6) is 0 Å². The van der Waals surface area contributed by atoms with Crippen molar-refractivity contribution >= 4 is 5.91 Å². The topological polar surface area (TPSA) is 102 Å². The Morgan fingerprint density at radius 1 is 1.30 bits per heavy atom. The van der Waals surface area contributed by atoms with Gasteiger partial charge in [0.05, 0.1) is 45.1 Å². The van der Waals surface area contributed by atoms with Crippen LogP contribution >= 0.6 is 0 Å². The molecule has 8 nitrogen and oxygen atoms in total. The number of hydrogen-bond donors (Lipinski definition) is 4. The van der Waals surface area contributed by atoms with Crippen LogP contribution < -0.4 is 10.2 Å². The van der Waals surface area contributed by atoms with Gasteiger partial charge in [0.15, 0.2) is 5.60 Å². The first-order valence-electron chi connectivity index (χ1n) is 10.4. The van der Waals surface area contributed by atoms with Crippen LogP contribution in [0.4, 0.5) is 4.39 Å². The Balaban J connectivity index is 1.69. The molecule has 9 heteroatoms. The van der Waals surface area contributed by atoms with E-state index in [0.29, 0.717) is 25.3 Å². The third-order valence-electron chi connectivity index (χ3n) is 5.99. The van der Waals surface area contributed by atoms with E-state index in [0.717, 1.165) is 19.6 Å². The predicted octanol–water partition coefficient (Wildman–Crippen LogP) is -1.36. The Labute approximate surface area is 175 Å². The molecule has 3 rings (SSSR count). The van der Waals surface area contributed by atoms with Crippen LogP contribution in [-0.2, 0) is 25.6 Å². The van der Waals surface area contributed by atoms with Crippen molar-refractivity contribution in [1.29, 1.82) is 0 Å². The molecule has 1 aliphatic heterocycles. The van der Waals surface area contributed by atoms with E-state index in [9.17, 15) is 19.4 Å². The van der Waals surface area contributed by atoms with E-state index in [2.05, 4.69) is 5.32 Å². The monoisotopic (exact) mass is 427 g/mol. The fourth-order valence-corrected chi connectivity index (χ4v) is 4.08. The second-order valence-corrected chi connectivity index (χ2v) is 7.98. The number of benzene rings is 1. The lowest BCUT2D eigenvalue weighted by molar-refractivity contribution is -0.906. The van der Waals surface area contributed by atoms with E-state index in [1.165, 1.54) is 18.1 Å². The highest BCUT2D eigenvalue weighted by Gasteiger charge is 2.51. The van der Waals surface area contributed by atoms with Crippen LogP contribution in [0.15, 0.2) is 24.3 Å². The summed E-state index contributed by atoms with van der Waals surface area (Å²) in [6.45, 7) is 4.25. The number of nitrogens with one attached hydrogen (secondary N) is 2. The van der Waals surface area contributed by atoms with Crippen molar-refractivity contribution in [1.82, 2.24) is 5.32 Å². The van der Waals surface area contributed by atoms with Crippen molar-refractivity contribution in [2.24, 2.45) is 0 Å². The van der Waals surface area contributed by atoms with Crippen molar-refractivity contribution in [3.8, 4) is 0 Å². The zero-order valence-corrected chi connectivity index (χ0v) is 17.3. The van der Waals surface area contributed by atoms with E-state index in [4.69, 9.17) is 14.2 Å². The molecule has 0 aromatic heterocycles. The molecule has 4 N–H and O–H groups in total. The third-order valence-corrected chi connectivity index (χ3v) is 5.99. The molecule has 1 saturated heterocycles. The smallest absolute Gasteiger partial charge is 0.252 e. The Hall–Kier alpha value is -1.62. The number of carbonyl (C=O) groups excluding carboxylic acids is 1. The molecule has 0 unspecified atom stereocenters. The van der Waals surface area contributed by atoms with Gasteiger partial charge in [-0.1, -0.05) is 18.2 Å². The molecule has 2 aliphatic rings. The molecule has 0 spiro atoms. The Kier molecular flexibility index (Phi) is 8.15. The molecule has 30 heavy (non-hydrogen) atoms. The van der Waals surface area contributed by atoms with Crippen LogP contribution in [0.3, 0.4) is 0 Å². The molecule has 1 aromatic carbocycles. The van der Waals surface area contributed by atoms with Crippen molar-refractivity contribution in [3.63, 3.8) is 0 Å². The number of morpholine rings is 1. The van der Waals surface area contributed by atoms with Gasteiger partial charge in [0.2, 0.25) is 0 Å². The minimum absolute atomic E-state index is 0.0619. The lowest BCUT2D eigenvalue weighted by atomic mass is 9.78. The first-order chi connectivity index (χ1) is 14.4. The van der Waals surface area contributed by atoms with Gasteiger partial charge in [-0.25, -0.2) is 4.39 Å². The van der Waals surface area contributed by atoms with Crippen LogP contribution in [-0.4, -0.2) is 86.5 Å². The lowest BCUT2D eigenvalue weighted by Gasteiger charge is -2.43. The van der Waals surface area contributed by atoms with Crippen LogP contribution in [0, 0.1) is 5.82 Å². The highest BCUT2D eigenvalue weighted by atomic mass is 19.1. The summed E-state index contributed by atoms with van der Waals surface area (Å²) in [6.07, 6.45) is -3.12. The van der Waals surface area contributed by atoms with Crippen molar-refractivity contribution < 1.29 is 38.5 Å². The lowest BCUT2D eigenvalue weighted by Crippen LogP contribution is -3.14. The second kappa shape index (κ2) is 10.6. The third kappa shape index (κ3) is 5.54. The number of rotatable bonds is 8. The minimum atomic E-state index is -1.43. The highest BCUT2D eigenvalue weighted by molar-refractivity contribution is 5.85. The molecular formula is C21H32FN2O6+. The maximum Gasteiger partial charge on any atom is 0.252 e. The largest absolute Gasteiger partial charge is 0.390 e. The van der Waals surface area contributed by atoms with Crippen molar-refractivity contribution in [2.45, 2.75) is 43.4 Å². The molecule has 0 bridgehead atoms. The van der Waals surface area contributed by atoms with E-state index >= 15 is 0 Å². The molecule has 1 amide bonds. The quantitative estimate of drug-likeness (QED) is 0.409. The number of amides is 1. The molecule has 1 saturated carbocycles. The van der Waals surface area contributed by atoms with E-state index < -0.39 is 29.7 Å². The van der Waals surface area contributed by atoms with Gasteiger partial charge in [0, 0.05) is 25.5 Å². The maximum absolute atomic E-state index is 14.1. The molecule has 0 radical (unpaired) electrons. The number of hydrogen-bond acceptors (Lipinski definition) is 6. The predicted molar refractivity (Wildman–Crippen MR) is 105 cm³/mol. The van der Waals surface area contributed by atoms with Gasteiger partial charge in [-0.2, -0.15) is 0 Å². The van der Waals surface area contributed by atoms with Gasteiger partial charge < -0.3 is 34.6 Å². The zero-order valence-electron chi connectivity index (χ0n) is 17.3. The van der Waals surface area contributed by atoms with Gasteiger partial charge in [0.1, 0.15) is 25.0 Å².